The number of aryl methyl sites for hydroxylation is 2. The van der Waals surface area contributed by atoms with Crippen LogP contribution in [0.5, 0.6) is 0 Å². The van der Waals surface area contributed by atoms with Crippen molar-refractivity contribution in [2.45, 2.75) is 273 Å². The van der Waals surface area contributed by atoms with Gasteiger partial charge in [-0.05, 0) is 104 Å². The Morgan fingerprint density at radius 3 is 0.683 bits per heavy atom. The standard InChI is InChI=1S/C76H118Si6/c1-21-23-25-27-29-31-33-35-37-39-41-61-43-47-63(48-44-61)69-59-73(79(9,10)11)67(57-75(69)81(15,16)17)53-51-65-55-72(78(6,7)8)66(56-71(65)77(3,4)5)52-54-68-58-76(82(18,19)20)70(60-74(68)80(12,13)14)64-49-45-62(46-50-64)42-40-38-36-34-32-30-28-26-24-22-2/h43-50,55-60H,21-42H2,1-20H3. The Morgan fingerprint density at radius 1 is 0.244 bits per heavy atom. The first-order valence-electron chi connectivity index (χ1n) is 33.2. The molecule has 0 fully saturated rings. The highest BCUT2D eigenvalue weighted by Gasteiger charge is 2.31. The third-order valence-corrected chi connectivity index (χ3v) is 29.3. The van der Waals surface area contributed by atoms with Gasteiger partial charge in [-0.25, -0.2) is 0 Å². The lowest BCUT2D eigenvalue weighted by molar-refractivity contribution is 0.556. The summed E-state index contributed by atoms with van der Waals surface area (Å²) in [6, 6.07) is 34.7. The molecular weight excluding hydrogens is 1080 g/mol. The van der Waals surface area contributed by atoms with Crippen LogP contribution >= 0.6 is 0 Å². The van der Waals surface area contributed by atoms with Gasteiger partial charge in [-0.3, -0.25) is 0 Å². The van der Waals surface area contributed by atoms with Crippen LogP contribution < -0.4 is 31.1 Å². The molecule has 0 nitrogen and oxygen atoms in total. The van der Waals surface area contributed by atoms with E-state index >= 15 is 0 Å². The van der Waals surface area contributed by atoms with Crippen molar-refractivity contribution in [3.8, 4) is 45.9 Å². The maximum absolute atomic E-state index is 3.96. The predicted molar refractivity (Wildman–Crippen MR) is 391 cm³/mol. The molecule has 0 saturated heterocycles. The molecule has 0 radical (unpaired) electrons. The molecule has 6 heteroatoms. The number of rotatable bonds is 30. The average Bonchev–Trinajstić information content (AvgIpc) is 2.62. The summed E-state index contributed by atoms with van der Waals surface area (Å²) in [4.78, 5) is 0. The Bertz CT molecular complexity index is 2720. The van der Waals surface area contributed by atoms with Gasteiger partial charge >= 0.3 is 0 Å². The van der Waals surface area contributed by atoms with E-state index in [1.165, 1.54) is 228 Å². The molecule has 0 aliphatic carbocycles. The molecule has 5 rings (SSSR count). The molecule has 0 unspecified atom stereocenters. The number of hydrogen-bond acceptors (Lipinski definition) is 0. The lowest BCUT2D eigenvalue weighted by atomic mass is 9.99. The molecule has 0 spiro atoms. The lowest BCUT2D eigenvalue weighted by Crippen LogP contribution is -2.46. The van der Waals surface area contributed by atoms with Crippen LogP contribution in [0.1, 0.15) is 176 Å². The van der Waals surface area contributed by atoms with Gasteiger partial charge in [-0.1, -0.05) is 342 Å². The van der Waals surface area contributed by atoms with E-state index in [2.05, 4.69) is 240 Å². The Morgan fingerprint density at radius 2 is 0.451 bits per heavy atom. The minimum Gasteiger partial charge on any atom is -0.0656 e. The fourth-order valence-electron chi connectivity index (χ4n) is 12.0. The molecule has 0 saturated carbocycles. The Balaban J connectivity index is 1.49. The van der Waals surface area contributed by atoms with E-state index in [0.717, 1.165) is 0 Å². The van der Waals surface area contributed by atoms with E-state index in [-0.39, 0.29) is 0 Å². The molecule has 5 aromatic rings. The molecular formula is C76H118Si6. The molecule has 446 valence electrons. The normalized spacial score (nSPS) is 12.5. The molecule has 0 aliphatic heterocycles. The van der Waals surface area contributed by atoms with Gasteiger partial charge in [-0.2, -0.15) is 0 Å². The van der Waals surface area contributed by atoms with Gasteiger partial charge in [0.1, 0.15) is 0 Å². The maximum atomic E-state index is 3.96. The van der Waals surface area contributed by atoms with E-state index in [1.54, 1.807) is 0 Å². The molecule has 0 heterocycles. The Kier molecular flexibility index (Phi) is 26.4. The zero-order valence-electron chi connectivity index (χ0n) is 56.6. The van der Waals surface area contributed by atoms with Crippen molar-refractivity contribution in [3.63, 3.8) is 0 Å². The van der Waals surface area contributed by atoms with Gasteiger partial charge < -0.3 is 0 Å². The fourth-order valence-corrected chi connectivity index (χ4v) is 21.3. The summed E-state index contributed by atoms with van der Waals surface area (Å²) >= 11 is 0. The number of benzene rings is 5. The Hall–Kier alpha value is -3.48. The largest absolute Gasteiger partial charge is 0.0792 e. The van der Waals surface area contributed by atoms with Crippen molar-refractivity contribution in [2.24, 2.45) is 0 Å². The highest BCUT2D eigenvalue weighted by molar-refractivity contribution is 6.93. The first-order valence-corrected chi connectivity index (χ1v) is 54.2. The lowest BCUT2D eigenvalue weighted by Gasteiger charge is -2.27. The van der Waals surface area contributed by atoms with Crippen LogP contribution in [-0.2, 0) is 12.8 Å². The van der Waals surface area contributed by atoms with E-state index in [4.69, 9.17) is 0 Å². The quantitative estimate of drug-likeness (QED) is 0.0244. The number of hydrogen-bond donors (Lipinski definition) is 0. The van der Waals surface area contributed by atoms with Crippen molar-refractivity contribution in [1.82, 2.24) is 0 Å². The zero-order chi connectivity index (χ0) is 60.5. The van der Waals surface area contributed by atoms with Crippen LogP contribution in [0.4, 0.5) is 0 Å². The molecule has 0 N–H and O–H groups in total. The molecule has 0 bridgehead atoms. The second kappa shape index (κ2) is 31.3. The maximum Gasteiger partial charge on any atom is 0.0792 e. The van der Waals surface area contributed by atoms with E-state index < -0.39 is 48.4 Å². The van der Waals surface area contributed by atoms with Gasteiger partial charge in [0.15, 0.2) is 0 Å². The summed E-state index contributed by atoms with van der Waals surface area (Å²) in [5, 5.41) is 8.87. The summed E-state index contributed by atoms with van der Waals surface area (Å²) in [6.07, 6.45) is 30.0. The van der Waals surface area contributed by atoms with Gasteiger partial charge in [0, 0.05) is 22.3 Å². The van der Waals surface area contributed by atoms with Crippen molar-refractivity contribution in [2.75, 3.05) is 0 Å². The van der Waals surface area contributed by atoms with Crippen LogP contribution in [-0.4, -0.2) is 48.4 Å². The van der Waals surface area contributed by atoms with Crippen LogP contribution in [0.15, 0.2) is 84.9 Å². The minimum absolute atomic E-state index is 1.18. The number of unbranched alkanes of at least 4 members (excludes halogenated alkanes) is 18. The predicted octanol–water partition coefficient (Wildman–Crippen LogP) is 20.0. The van der Waals surface area contributed by atoms with Crippen LogP contribution in [0.3, 0.4) is 0 Å². The molecule has 0 amide bonds. The molecule has 0 aromatic heterocycles. The highest BCUT2D eigenvalue weighted by Crippen LogP contribution is 2.27. The van der Waals surface area contributed by atoms with Gasteiger partial charge in [0.05, 0.1) is 48.4 Å². The van der Waals surface area contributed by atoms with Crippen molar-refractivity contribution in [1.29, 1.82) is 0 Å². The second-order valence-electron chi connectivity index (χ2n) is 31.1. The molecule has 5 aromatic carbocycles. The van der Waals surface area contributed by atoms with Crippen molar-refractivity contribution < 1.29 is 0 Å². The topological polar surface area (TPSA) is 0 Å². The summed E-state index contributed by atoms with van der Waals surface area (Å²) < 4.78 is 0. The monoisotopic (exact) mass is 1200 g/mol. The smallest absolute Gasteiger partial charge is 0.0656 e. The van der Waals surface area contributed by atoms with Gasteiger partial charge in [0.25, 0.3) is 0 Å². The summed E-state index contributed by atoms with van der Waals surface area (Å²) in [6.45, 7) is 49.8. The van der Waals surface area contributed by atoms with Crippen LogP contribution in [0.25, 0.3) is 22.3 Å². The van der Waals surface area contributed by atoms with Crippen molar-refractivity contribution >= 4 is 79.6 Å². The molecule has 82 heavy (non-hydrogen) atoms. The van der Waals surface area contributed by atoms with E-state index in [1.807, 2.05) is 0 Å². The summed E-state index contributed by atoms with van der Waals surface area (Å²) in [5.41, 5.74) is 13.5. The van der Waals surface area contributed by atoms with Crippen LogP contribution in [0.2, 0.25) is 118 Å². The third kappa shape index (κ3) is 21.5. The van der Waals surface area contributed by atoms with Gasteiger partial charge in [-0.15, -0.1) is 0 Å². The first kappa shape index (κ1) is 69.3. The molecule has 0 atom stereocenters. The third-order valence-electron chi connectivity index (χ3n) is 17.2. The SMILES string of the molecule is CCCCCCCCCCCCc1ccc(-c2cc([Si](C)(C)C)c(C#Cc3cc([Si](C)(C)C)c(C#Cc4cc([Si](C)(C)C)c(-c5ccc(CCCCCCCCCCCC)cc5)cc4[Si](C)(C)C)cc3[Si](C)(C)C)cc2[Si](C)(C)C)cc1. The second-order valence-corrected chi connectivity index (χ2v) is 61.3. The van der Waals surface area contributed by atoms with Crippen molar-refractivity contribution in [3.05, 3.63) is 118 Å². The fraction of sp³-hybridized carbons (Fsp3) is 0.553. The minimum atomic E-state index is -1.88. The summed E-state index contributed by atoms with van der Waals surface area (Å²) in [7, 11) is -10.9. The zero-order valence-corrected chi connectivity index (χ0v) is 62.6. The molecule has 0 aliphatic rings. The first-order chi connectivity index (χ1) is 38.4. The average molecular weight is 1200 g/mol. The highest BCUT2D eigenvalue weighted by atomic mass is 28.3. The van der Waals surface area contributed by atoms with Crippen LogP contribution in [0, 0.1) is 23.7 Å². The van der Waals surface area contributed by atoms with E-state index in [0.29, 0.717) is 0 Å². The Labute approximate surface area is 513 Å². The van der Waals surface area contributed by atoms with Gasteiger partial charge in [0.2, 0.25) is 0 Å². The summed E-state index contributed by atoms with van der Waals surface area (Å²) in [5.74, 6) is 15.9. The van der Waals surface area contributed by atoms with E-state index in [9.17, 15) is 0 Å².